The zero-order valence-corrected chi connectivity index (χ0v) is 5.93. The Kier molecular flexibility index (Phi) is 3.42. The SMILES string of the molecule is CCC([C]=O)(OC)OC. The van der Waals surface area contributed by atoms with Crippen molar-refractivity contribution in [2.75, 3.05) is 14.2 Å². The molecule has 3 nitrogen and oxygen atoms in total. The third kappa shape index (κ3) is 1.77. The molecule has 0 saturated carbocycles. The Morgan fingerprint density at radius 1 is 1.44 bits per heavy atom. The van der Waals surface area contributed by atoms with Gasteiger partial charge in [0.25, 0.3) is 6.29 Å². The molecule has 0 fully saturated rings. The van der Waals surface area contributed by atoms with Crippen molar-refractivity contribution < 1.29 is 14.3 Å². The van der Waals surface area contributed by atoms with Gasteiger partial charge in [-0.3, -0.25) is 4.79 Å². The Labute approximate surface area is 55.0 Å². The van der Waals surface area contributed by atoms with E-state index in [1.807, 2.05) is 0 Å². The van der Waals surface area contributed by atoms with Crippen molar-refractivity contribution in [2.45, 2.75) is 19.1 Å². The minimum atomic E-state index is -1.14. The maximum absolute atomic E-state index is 10.1. The number of hydrogen-bond donors (Lipinski definition) is 0. The van der Waals surface area contributed by atoms with E-state index in [9.17, 15) is 4.79 Å². The third-order valence-electron chi connectivity index (χ3n) is 1.28. The zero-order chi connectivity index (χ0) is 7.33. The van der Waals surface area contributed by atoms with E-state index in [4.69, 9.17) is 9.47 Å². The summed E-state index contributed by atoms with van der Waals surface area (Å²) in [5.74, 6) is -1.14. The minimum Gasteiger partial charge on any atom is -0.347 e. The van der Waals surface area contributed by atoms with Crippen molar-refractivity contribution in [1.82, 2.24) is 0 Å². The van der Waals surface area contributed by atoms with Gasteiger partial charge >= 0.3 is 0 Å². The number of carbonyl (C=O) groups excluding carboxylic acids is 1. The Bertz CT molecular complexity index is 78.0. The second-order valence-corrected chi connectivity index (χ2v) is 1.62. The summed E-state index contributed by atoms with van der Waals surface area (Å²) in [6, 6.07) is 0. The maximum atomic E-state index is 10.1. The van der Waals surface area contributed by atoms with Crippen LogP contribution in [0.4, 0.5) is 0 Å². The molecule has 9 heavy (non-hydrogen) atoms. The molecule has 3 heteroatoms. The van der Waals surface area contributed by atoms with Gasteiger partial charge in [-0.2, -0.15) is 0 Å². The number of rotatable bonds is 4. The second-order valence-electron chi connectivity index (χ2n) is 1.62. The van der Waals surface area contributed by atoms with E-state index in [2.05, 4.69) is 0 Å². The first-order chi connectivity index (χ1) is 4.24. The van der Waals surface area contributed by atoms with Gasteiger partial charge in [-0.05, 0) is 0 Å². The topological polar surface area (TPSA) is 35.5 Å². The van der Waals surface area contributed by atoms with Crippen LogP contribution in [0.1, 0.15) is 13.3 Å². The summed E-state index contributed by atoms with van der Waals surface area (Å²) in [7, 11) is 2.83. The fourth-order valence-corrected chi connectivity index (χ4v) is 0.528. The molecule has 0 bridgehead atoms. The fourth-order valence-electron chi connectivity index (χ4n) is 0.528. The van der Waals surface area contributed by atoms with E-state index >= 15 is 0 Å². The Hall–Kier alpha value is -0.410. The smallest absolute Gasteiger partial charge is 0.263 e. The van der Waals surface area contributed by atoms with Gasteiger partial charge in [0.15, 0.2) is 0 Å². The molecule has 53 valence electrons. The fraction of sp³-hybridized carbons (Fsp3) is 0.833. The summed E-state index contributed by atoms with van der Waals surface area (Å²) in [5, 5.41) is 0. The molecule has 0 spiro atoms. The quantitative estimate of drug-likeness (QED) is 0.521. The van der Waals surface area contributed by atoms with Crippen LogP contribution >= 0.6 is 0 Å². The average molecular weight is 131 g/mol. The molecule has 1 radical (unpaired) electrons. The lowest BCUT2D eigenvalue weighted by Crippen LogP contribution is -2.34. The van der Waals surface area contributed by atoms with Crippen LogP contribution in [0.3, 0.4) is 0 Å². The van der Waals surface area contributed by atoms with Crippen LogP contribution in [0, 0.1) is 0 Å². The van der Waals surface area contributed by atoms with Gasteiger partial charge in [-0.15, -0.1) is 0 Å². The Morgan fingerprint density at radius 3 is 1.89 bits per heavy atom. The molecule has 0 N–H and O–H groups in total. The molecule has 0 atom stereocenters. The molecule has 0 aliphatic heterocycles. The Morgan fingerprint density at radius 2 is 1.89 bits per heavy atom. The second kappa shape index (κ2) is 3.58. The van der Waals surface area contributed by atoms with Crippen LogP contribution in [0.25, 0.3) is 0 Å². The molecular formula is C6H11O3. The van der Waals surface area contributed by atoms with Gasteiger partial charge in [-0.25, -0.2) is 0 Å². The summed E-state index contributed by atoms with van der Waals surface area (Å²) >= 11 is 0. The van der Waals surface area contributed by atoms with E-state index in [-0.39, 0.29) is 0 Å². The van der Waals surface area contributed by atoms with Gasteiger partial charge in [-0.1, -0.05) is 6.92 Å². The molecule has 0 rings (SSSR count). The first kappa shape index (κ1) is 8.59. The molecule has 0 saturated heterocycles. The molecule has 0 aromatic rings. The van der Waals surface area contributed by atoms with Crippen LogP contribution in [-0.2, 0) is 14.3 Å². The maximum Gasteiger partial charge on any atom is 0.263 e. The van der Waals surface area contributed by atoms with Crippen molar-refractivity contribution >= 4 is 6.29 Å². The largest absolute Gasteiger partial charge is 0.347 e. The van der Waals surface area contributed by atoms with Gasteiger partial charge in [0.2, 0.25) is 5.79 Å². The highest BCUT2D eigenvalue weighted by atomic mass is 16.7. The molecule has 0 aliphatic carbocycles. The lowest BCUT2D eigenvalue weighted by molar-refractivity contribution is -0.155. The normalized spacial score (nSPS) is 11.4. The Balaban J connectivity index is 3.98. The highest BCUT2D eigenvalue weighted by Crippen LogP contribution is 2.11. The number of ether oxygens (including phenoxy) is 2. The predicted molar refractivity (Wildman–Crippen MR) is 32.7 cm³/mol. The predicted octanol–water partition coefficient (Wildman–Crippen LogP) is 0.495. The van der Waals surface area contributed by atoms with E-state index in [0.717, 1.165) is 0 Å². The van der Waals surface area contributed by atoms with Crippen molar-refractivity contribution in [3.63, 3.8) is 0 Å². The van der Waals surface area contributed by atoms with Crippen LogP contribution in [-0.4, -0.2) is 26.3 Å². The van der Waals surface area contributed by atoms with Crippen molar-refractivity contribution in [3.8, 4) is 0 Å². The molecule has 0 aromatic carbocycles. The zero-order valence-electron chi connectivity index (χ0n) is 5.93. The van der Waals surface area contributed by atoms with Crippen LogP contribution in [0.2, 0.25) is 0 Å². The molecule has 0 unspecified atom stereocenters. The first-order valence-corrected chi connectivity index (χ1v) is 2.74. The van der Waals surface area contributed by atoms with Crippen molar-refractivity contribution in [3.05, 3.63) is 0 Å². The lowest BCUT2D eigenvalue weighted by Gasteiger charge is -2.20. The van der Waals surface area contributed by atoms with Gasteiger partial charge in [0, 0.05) is 20.6 Å². The summed E-state index contributed by atoms with van der Waals surface area (Å²) in [4.78, 5) is 10.1. The van der Waals surface area contributed by atoms with Crippen LogP contribution in [0.15, 0.2) is 0 Å². The van der Waals surface area contributed by atoms with Gasteiger partial charge in [0.1, 0.15) is 0 Å². The van der Waals surface area contributed by atoms with Crippen LogP contribution in [0.5, 0.6) is 0 Å². The molecule has 0 aromatic heterocycles. The standard InChI is InChI=1S/C6H11O3/c1-4-6(5-7,8-2)9-3/h4H2,1-3H3. The van der Waals surface area contributed by atoms with E-state index in [1.54, 1.807) is 13.2 Å². The van der Waals surface area contributed by atoms with E-state index < -0.39 is 5.79 Å². The molecular weight excluding hydrogens is 120 g/mol. The number of methoxy groups -OCH3 is 2. The van der Waals surface area contributed by atoms with E-state index in [0.29, 0.717) is 6.42 Å². The monoisotopic (exact) mass is 131 g/mol. The summed E-state index contributed by atoms with van der Waals surface area (Å²) in [6.45, 7) is 1.79. The van der Waals surface area contributed by atoms with Crippen molar-refractivity contribution in [1.29, 1.82) is 0 Å². The minimum absolute atomic E-state index is 0.476. The lowest BCUT2D eigenvalue weighted by atomic mass is 10.2. The first-order valence-electron chi connectivity index (χ1n) is 2.74. The van der Waals surface area contributed by atoms with Gasteiger partial charge in [0.05, 0.1) is 0 Å². The molecule has 0 amide bonds. The third-order valence-corrected chi connectivity index (χ3v) is 1.28. The van der Waals surface area contributed by atoms with Gasteiger partial charge < -0.3 is 9.47 Å². The number of hydrogen-bond acceptors (Lipinski definition) is 3. The molecule has 0 heterocycles. The summed E-state index contributed by atoms with van der Waals surface area (Å²) in [5.41, 5.74) is 0. The average Bonchev–Trinajstić information content (AvgIpc) is 1.95. The summed E-state index contributed by atoms with van der Waals surface area (Å²) in [6.07, 6.45) is 2.15. The van der Waals surface area contributed by atoms with Crippen LogP contribution < -0.4 is 0 Å². The van der Waals surface area contributed by atoms with E-state index in [1.165, 1.54) is 14.2 Å². The highest BCUT2D eigenvalue weighted by molar-refractivity contribution is 5.60. The molecule has 0 aliphatic rings. The summed E-state index contributed by atoms with van der Waals surface area (Å²) < 4.78 is 9.48. The van der Waals surface area contributed by atoms with Crippen molar-refractivity contribution in [2.24, 2.45) is 0 Å². The highest BCUT2D eigenvalue weighted by Gasteiger charge is 2.27.